The van der Waals surface area contributed by atoms with Crippen molar-refractivity contribution in [3.63, 3.8) is 0 Å². The Labute approximate surface area is 706 Å². The number of hydrogen-bond donors (Lipinski definition) is 0. The lowest BCUT2D eigenvalue weighted by atomic mass is 9.83. The molecule has 0 fully saturated rings. The van der Waals surface area contributed by atoms with Crippen molar-refractivity contribution in [1.82, 2.24) is 0 Å². The van der Waals surface area contributed by atoms with E-state index in [4.69, 9.17) is 37.9 Å². The van der Waals surface area contributed by atoms with Gasteiger partial charge in [0.15, 0.2) is 0 Å². The highest BCUT2D eigenvalue weighted by Gasteiger charge is 2.31. The molecule has 6 atom stereocenters. The summed E-state index contributed by atoms with van der Waals surface area (Å²) in [7, 11) is 0. The summed E-state index contributed by atoms with van der Waals surface area (Å²) in [6.45, 7) is 26.4. The van der Waals surface area contributed by atoms with E-state index in [1.165, 1.54) is 198 Å². The molecule has 0 radical (unpaired) electrons. The van der Waals surface area contributed by atoms with Crippen molar-refractivity contribution >= 4 is 21.5 Å². The lowest BCUT2D eigenvalue weighted by molar-refractivity contribution is 0.0500. The van der Waals surface area contributed by atoms with Crippen molar-refractivity contribution in [2.24, 2.45) is 5.92 Å². The predicted octanol–water partition coefficient (Wildman–Crippen LogP) is 26.3. The smallest absolute Gasteiger partial charge is 0.109 e. The Morgan fingerprint density at radius 2 is 0.644 bits per heavy atom. The van der Waals surface area contributed by atoms with Gasteiger partial charge in [0.1, 0.15) is 6.10 Å². The highest BCUT2D eigenvalue weighted by atomic mass is 16.5. The third kappa shape index (κ3) is 22.1. The van der Waals surface area contributed by atoms with Gasteiger partial charge in [0.05, 0.1) is 38.1 Å². The monoisotopic (exact) mass is 1580 g/mol. The molecule has 616 valence electrons. The largest absolute Gasteiger partial charge is 0.381 e. The van der Waals surface area contributed by atoms with Gasteiger partial charge in [0, 0.05) is 83.6 Å². The Hall–Kier alpha value is -9.16. The summed E-state index contributed by atoms with van der Waals surface area (Å²) >= 11 is 0. The molecule has 0 N–H and O–H groups in total. The maximum Gasteiger partial charge on any atom is 0.109 e. The van der Waals surface area contributed by atoms with Gasteiger partial charge in [0.25, 0.3) is 0 Å². The molecule has 0 amide bonds. The third-order valence-electron chi connectivity index (χ3n) is 24.6. The Kier molecular flexibility index (Phi) is 33.3. The van der Waals surface area contributed by atoms with Crippen LogP contribution in [0, 0.1) is 5.92 Å². The van der Waals surface area contributed by atoms with Gasteiger partial charge in [-0.2, -0.15) is 0 Å². The van der Waals surface area contributed by atoms with E-state index in [9.17, 15) is 0 Å². The van der Waals surface area contributed by atoms with E-state index >= 15 is 0 Å². The molecule has 0 aliphatic heterocycles. The van der Waals surface area contributed by atoms with Gasteiger partial charge in [-0.1, -0.05) is 267 Å². The number of ether oxygens (including phenoxy) is 8. The molecule has 20 rings (SSSR count). The molecule has 0 saturated carbocycles. The van der Waals surface area contributed by atoms with Crippen molar-refractivity contribution in [3.8, 4) is 22.3 Å². The third-order valence-corrected chi connectivity index (χ3v) is 24.6. The van der Waals surface area contributed by atoms with E-state index < -0.39 is 0 Å². The van der Waals surface area contributed by atoms with Crippen LogP contribution in [0.1, 0.15) is 219 Å². The Bertz CT molecular complexity index is 4980. The van der Waals surface area contributed by atoms with Crippen LogP contribution in [-0.4, -0.2) is 85.4 Å². The fourth-order valence-electron chi connectivity index (χ4n) is 19.0. The van der Waals surface area contributed by atoms with Gasteiger partial charge < -0.3 is 37.9 Å². The molecule has 0 heterocycles. The Morgan fingerprint density at radius 1 is 0.246 bits per heavy atom. The molecular formula is C110H128O8. The number of fused-ring (bicyclic) bond motifs is 10. The average molecular weight is 1580 g/mol. The molecule has 0 aromatic heterocycles. The first kappa shape index (κ1) is 86.7. The van der Waals surface area contributed by atoms with Crippen LogP contribution in [0.4, 0.5) is 0 Å². The number of hydrogen-bond acceptors (Lipinski definition) is 8. The maximum absolute atomic E-state index is 5.86. The van der Waals surface area contributed by atoms with Crippen LogP contribution in [0.5, 0.6) is 0 Å². The SMILES string of the molecule is CCOC1CCCc2ccccc21.CCOC1CCc2ccccc2C1.CCOC1Cc2cccc3cccc1c23.CCOC1c2ccccc2-c2ccccc21.CCOCC1CCCc2ccccc21.CCOCC1CCc2ccccc2C1.CCOCC1Cc2cccc3cccc1c23.CCOCC1c2ccccc2-c2ccccc21. The van der Waals surface area contributed by atoms with Crippen molar-refractivity contribution in [2.75, 3.05) is 79.3 Å². The average Bonchev–Trinajstić information content (AvgIpc) is 1.67. The van der Waals surface area contributed by atoms with Gasteiger partial charge >= 0.3 is 0 Å². The highest BCUT2D eigenvalue weighted by Crippen LogP contribution is 2.47. The van der Waals surface area contributed by atoms with Crippen molar-refractivity contribution < 1.29 is 37.9 Å². The second kappa shape index (κ2) is 45.3. The summed E-state index contributed by atoms with van der Waals surface area (Å²) in [5.74, 6) is 2.34. The molecule has 8 aliphatic rings. The van der Waals surface area contributed by atoms with Gasteiger partial charge in [0.2, 0.25) is 0 Å². The van der Waals surface area contributed by atoms with Crippen LogP contribution < -0.4 is 0 Å². The minimum atomic E-state index is 0.123. The van der Waals surface area contributed by atoms with E-state index in [0.29, 0.717) is 30.0 Å². The van der Waals surface area contributed by atoms with Crippen LogP contribution in [-0.2, 0) is 89.3 Å². The number of benzene rings is 12. The van der Waals surface area contributed by atoms with Gasteiger partial charge in [-0.15, -0.1) is 0 Å². The van der Waals surface area contributed by atoms with Crippen LogP contribution in [0.25, 0.3) is 43.8 Å². The maximum atomic E-state index is 5.86. The van der Waals surface area contributed by atoms with Crippen molar-refractivity contribution in [2.45, 2.75) is 187 Å². The quantitative estimate of drug-likeness (QED) is 0.0747. The molecule has 0 saturated heterocycles. The molecule has 8 aliphatic carbocycles. The zero-order chi connectivity index (χ0) is 81.6. The Balaban J connectivity index is 0.000000117. The topological polar surface area (TPSA) is 73.8 Å². The fraction of sp³-hybridized carbons (Fsp3) is 0.382. The summed E-state index contributed by atoms with van der Waals surface area (Å²) in [5.41, 5.74) is 28.5. The van der Waals surface area contributed by atoms with Crippen LogP contribution in [0.15, 0.2) is 267 Å². The van der Waals surface area contributed by atoms with Gasteiger partial charge in [-0.25, -0.2) is 0 Å². The summed E-state index contributed by atoms with van der Waals surface area (Å²) < 4.78 is 45.2. The summed E-state index contributed by atoms with van der Waals surface area (Å²) in [6, 6.07) is 95.5. The van der Waals surface area contributed by atoms with E-state index in [1.54, 1.807) is 5.56 Å². The second-order valence-electron chi connectivity index (χ2n) is 31.9. The molecule has 12 aromatic rings. The first-order chi connectivity index (χ1) is 58.3. The Morgan fingerprint density at radius 3 is 1.21 bits per heavy atom. The summed E-state index contributed by atoms with van der Waals surface area (Å²) in [4.78, 5) is 0. The molecule has 118 heavy (non-hydrogen) atoms. The van der Waals surface area contributed by atoms with Gasteiger partial charge in [-0.3, -0.25) is 0 Å². The molecule has 6 unspecified atom stereocenters. The lowest BCUT2D eigenvalue weighted by Gasteiger charge is -2.25. The van der Waals surface area contributed by atoms with E-state index in [-0.39, 0.29) is 12.2 Å². The number of rotatable bonds is 20. The molecule has 12 aromatic carbocycles. The van der Waals surface area contributed by atoms with Gasteiger partial charge in [-0.05, 0) is 278 Å². The number of aryl methyl sites for hydroxylation is 4. The zero-order valence-corrected chi connectivity index (χ0v) is 71.7. The summed E-state index contributed by atoms with van der Waals surface area (Å²) in [6.07, 6.45) is 18.1. The molecular weight excluding hydrogens is 1450 g/mol. The van der Waals surface area contributed by atoms with E-state index in [0.717, 1.165) is 104 Å². The normalized spacial score (nSPS) is 18.1. The first-order valence-electron chi connectivity index (χ1n) is 44.7. The molecule has 0 spiro atoms. The highest BCUT2D eigenvalue weighted by molar-refractivity contribution is 5.92. The van der Waals surface area contributed by atoms with Crippen molar-refractivity contribution in [3.05, 3.63) is 356 Å². The fourth-order valence-corrected chi connectivity index (χ4v) is 19.0. The molecule has 0 bridgehead atoms. The minimum absolute atomic E-state index is 0.123. The summed E-state index contributed by atoms with van der Waals surface area (Å²) in [5, 5.41) is 5.59. The van der Waals surface area contributed by atoms with E-state index in [1.807, 2.05) is 13.8 Å². The van der Waals surface area contributed by atoms with Crippen LogP contribution in [0.2, 0.25) is 0 Å². The first-order valence-corrected chi connectivity index (χ1v) is 44.7. The molecule has 8 nitrogen and oxygen atoms in total. The van der Waals surface area contributed by atoms with E-state index in [2.05, 4.69) is 308 Å². The molecule has 8 heteroatoms. The second-order valence-corrected chi connectivity index (χ2v) is 31.9. The van der Waals surface area contributed by atoms with Crippen LogP contribution in [0.3, 0.4) is 0 Å². The van der Waals surface area contributed by atoms with Crippen LogP contribution >= 0.6 is 0 Å². The lowest BCUT2D eigenvalue weighted by Crippen LogP contribution is -2.22. The zero-order valence-electron chi connectivity index (χ0n) is 71.7. The predicted molar refractivity (Wildman–Crippen MR) is 489 cm³/mol. The van der Waals surface area contributed by atoms with Crippen molar-refractivity contribution in [1.29, 1.82) is 0 Å². The minimum Gasteiger partial charge on any atom is -0.381 e. The standard InChI is InChI=1S/C16H16O.C15H16O.C15H14O.C14H14O.2C13H18O.2C12H16O/c1-2-17-11-16-14-9-5-3-7-12(14)13-8-4-6-10-15(13)16;1-2-16-10-13-9-12-7-3-5-11-6-4-8-14(13)15(11)12;1-2-16-15-13-9-5-3-7-11(13)12-8-4-6-10-14(12)15;1-2-15-13-9-11-7-3-5-10-6-4-8-12(13)14(10)11;1-2-14-10-12-8-5-7-11-6-3-4-9-13(11)12;1-2-14-10-11-7-8-12-5-3-4-6-13(12)9-11;1-2-13-12-9-5-7-10-6-3-4-8-11(10)12;1-2-13-12-8-7-10-5-3-4-6-11(10)9-12/h3-10,16H,2,11H2,1H3;3-8,13H,2,9-10H2,1H3;3-10,15H,2H2,1H3;3-8,13H,2,9H2,1H3;3-4,6,9,12H,2,5,7-8,10H2,1H3;3-6,11H,2,7-10H2,1H3;3-4,6,8,12H,2,5,7,9H2,1H3;3-6,12H,2,7-9H2,1H3.